The number of nitrogens with one attached hydrogen (secondary N) is 1. The van der Waals surface area contributed by atoms with Gasteiger partial charge in [-0.3, -0.25) is 10.1 Å². The summed E-state index contributed by atoms with van der Waals surface area (Å²) in [5, 5.41) is 33.5. The molecule has 0 spiro atoms. The minimum atomic E-state index is -1.10. The molecule has 3 aromatic rings. The molecule has 1 unspecified atom stereocenters. The number of hydrogen-bond donors (Lipinski definition) is 2. The number of anilines is 1. The fourth-order valence-electron chi connectivity index (χ4n) is 2.57. The second-order valence-corrected chi connectivity index (χ2v) is 5.54. The number of non-ortho nitro benzene ring substituents is 1. The molecular formula is C18H13FN4O3. The number of aromatic nitrogens is 1. The smallest absolute Gasteiger partial charge is 0.270 e. The molecule has 0 aliphatic heterocycles. The van der Waals surface area contributed by atoms with Crippen LogP contribution in [0.5, 0.6) is 0 Å². The van der Waals surface area contributed by atoms with Crippen LogP contribution in [0.4, 0.5) is 15.9 Å². The number of nitro benzene ring substituents is 1. The van der Waals surface area contributed by atoms with E-state index >= 15 is 0 Å². The Morgan fingerprint density at radius 3 is 2.77 bits per heavy atom. The van der Waals surface area contributed by atoms with Crippen LogP contribution in [0.2, 0.25) is 0 Å². The van der Waals surface area contributed by atoms with Crippen molar-refractivity contribution in [2.24, 2.45) is 0 Å². The van der Waals surface area contributed by atoms with E-state index in [-0.39, 0.29) is 23.4 Å². The number of aliphatic hydroxyl groups is 1. The molecule has 1 atom stereocenters. The summed E-state index contributed by atoms with van der Waals surface area (Å²) in [6.45, 7) is -0.0166. The molecular weight excluding hydrogens is 339 g/mol. The van der Waals surface area contributed by atoms with Gasteiger partial charge in [-0.2, -0.15) is 5.26 Å². The summed E-state index contributed by atoms with van der Waals surface area (Å²) >= 11 is 0. The van der Waals surface area contributed by atoms with Gasteiger partial charge < -0.3 is 10.4 Å². The molecule has 0 amide bonds. The molecule has 26 heavy (non-hydrogen) atoms. The van der Waals surface area contributed by atoms with E-state index in [1.165, 1.54) is 42.5 Å². The lowest BCUT2D eigenvalue weighted by Gasteiger charge is -2.14. The largest absolute Gasteiger partial charge is 0.386 e. The number of aliphatic hydroxyl groups excluding tert-OH is 1. The molecule has 0 aliphatic rings. The number of rotatable bonds is 5. The first-order chi connectivity index (χ1) is 12.5. The van der Waals surface area contributed by atoms with E-state index < -0.39 is 16.8 Å². The molecule has 0 radical (unpaired) electrons. The minimum Gasteiger partial charge on any atom is -0.386 e. The van der Waals surface area contributed by atoms with Gasteiger partial charge in [0.15, 0.2) is 0 Å². The normalized spacial score (nSPS) is 11.7. The van der Waals surface area contributed by atoms with Crippen LogP contribution in [0.25, 0.3) is 10.9 Å². The van der Waals surface area contributed by atoms with Crippen LogP contribution in [-0.4, -0.2) is 21.6 Å². The predicted molar refractivity (Wildman–Crippen MR) is 93.0 cm³/mol. The summed E-state index contributed by atoms with van der Waals surface area (Å²) in [6.07, 6.45) is -1.10. The molecule has 0 bridgehead atoms. The average molecular weight is 352 g/mol. The first-order valence-corrected chi connectivity index (χ1v) is 7.65. The highest BCUT2D eigenvalue weighted by atomic mass is 19.1. The van der Waals surface area contributed by atoms with Crippen molar-refractivity contribution in [3.63, 3.8) is 0 Å². The zero-order valence-corrected chi connectivity index (χ0v) is 13.4. The van der Waals surface area contributed by atoms with Gasteiger partial charge in [0.2, 0.25) is 0 Å². The Balaban J connectivity index is 1.87. The summed E-state index contributed by atoms with van der Waals surface area (Å²) in [5.41, 5.74) is 0.627. The van der Waals surface area contributed by atoms with Crippen molar-refractivity contribution < 1.29 is 14.4 Å². The Morgan fingerprint density at radius 2 is 2.08 bits per heavy atom. The Hall–Kier alpha value is -3.57. The van der Waals surface area contributed by atoms with Gasteiger partial charge in [-0.1, -0.05) is 18.2 Å². The maximum atomic E-state index is 13.7. The fraction of sp³-hybridized carbons (Fsp3) is 0.111. The summed E-state index contributed by atoms with van der Waals surface area (Å²) in [7, 11) is 0. The summed E-state index contributed by atoms with van der Waals surface area (Å²) in [5.74, 6) is -0.211. The van der Waals surface area contributed by atoms with E-state index in [1.54, 1.807) is 6.07 Å². The van der Waals surface area contributed by atoms with Crippen molar-refractivity contribution in [2.45, 2.75) is 6.10 Å². The number of pyridine rings is 1. The third-order valence-electron chi connectivity index (χ3n) is 3.86. The van der Waals surface area contributed by atoms with Crippen LogP contribution in [-0.2, 0) is 0 Å². The molecule has 2 N–H and O–H groups in total. The van der Waals surface area contributed by atoms with Crippen LogP contribution in [0.1, 0.15) is 17.2 Å². The standard InChI is InChI=1S/C18H13FN4O3/c19-15-4-2-1-3-13(15)17(24)10-21-18-7-11(9-20)14-8-12(23(25)26)5-6-16(14)22-18/h1-8,17,24H,10H2,(H,21,22). The second-order valence-electron chi connectivity index (χ2n) is 5.54. The number of nitro groups is 1. The lowest BCUT2D eigenvalue weighted by atomic mass is 10.1. The first kappa shape index (κ1) is 17.3. The molecule has 0 saturated heterocycles. The molecule has 7 nitrogen and oxygen atoms in total. The van der Waals surface area contributed by atoms with Crippen molar-refractivity contribution in [3.05, 3.63) is 75.6 Å². The molecule has 0 saturated carbocycles. The predicted octanol–water partition coefficient (Wildman–Crippen LogP) is 3.30. The number of nitrogens with zero attached hydrogens (tertiary/aromatic N) is 3. The van der Waals surface area contributed by atoms with E-state index in [1.807, 2.05) is 6.07 Å². The third-order valence-corrected chi connectivity index (χ3v) is 3.86. The van der Waals surface area contributed by atoms with Crippen LogP contribution in [0.3, 0.4) is 0 Å². The van der Waals surface area contributed by atoms with Crippen LogP contribution in [0, 0.1) is 27.3 Å². The molecule has 2 aromatic carbocycles. The lowest BCUT2D eigenvalue weighted by Crippen LogP contribution is -2.14. The SMILES string of the molecule is N#Cc1cc(NCC(O)c2ccccc2F)nc2ccc([N+](=O)[O-])cc12. The fourth-order valence-corrected chi connectivity index (χ4v) is 2.57. The number of hydrogen-bond acceptors (Lipinski definition) is 6. The molecule has 0 fully saturated rings. The monoisotopic (exact) mass is 352 g/mol. The van der Waals surface area contributed by atoms with Crippen LogP contribution in [0.15, 0.2) is 48.5 Å². The Labute approximate surface area is 147 Å². The molecule has 3 rings (SSSR count). The van der Waals surface area contributed by atoms with E-state index in [0.717, 1.165) is 0 Å². The van der Waals surface area contributed by atoms with Gasteiger partial charge in [0.05, 0.1) is 28.2 Å². The van der Waals surface area contributed by atoms with Gasteiger partial charge >= 0.3 is 0 Å². The number of benzene rings is 2. The highest BCUT2D eigenvalue weighted by Gasteiger charge is 2.14. The van der Waals surface area contributed by atoms with Gasteiger partial charge in [-0.15, -0.1) is 0 Å². The maximum absolute atomic E-state index is 13.7. The van der Waals surface area contributed by atoms with Crippen molar-refractivity contribution in [2.75, 3.05) is 11.9 Å². The molecule has 0 aliphatic carbocycles. The van der Waals surface area contributed by atoms with E-state index in [9.17, 15) is 24.9 Å². The maximum Gasteiger partial charge on any atom is 0.270 e. The lowest BCUT2D eigenvalue weighted by molar-refractivity contribution is -0.384. The summed E-state index contributed by atoms with van der Waals surface area (Å²) in [4.78, 5) is 14.6. The summed E-state index contributed by atoms with van der Waals surface area (Å²) < 4.78 is 13.7. The topological polar surface area (TPSA) is 112 Å². The first-order valence-electron chi connectivity index (χ1n) is 7.65. The van der Waals surface area contributed by atoms with Crippen LogP contribution >= 0.6 is 0 Å². The van der Waals surface area contributed by atoms with Gasteiger partial charge in [0.1, 0.15) is 11.6 Å². The van der Waals surface area contributed by atoms with Crippen molar-refractivity contribution in [1.82, 2.24) is 4.98 Å². The van der Waals surface area contributed by atoms with Crippen molar-refractivity contribution in [1.29, 1.82) is 5.26 Å². The van der Waals surface area contributed by atoms with E-state index in [0.29, 0.717) is 16.7 Å². The Bertz CT molecular complexity index is 1030. The number of halogens is 1. The highest BCUT2D eigenvalue weighted by Crippen LogP contribution is 2.25. The van der Waals surface area contributed by atoms with Crippen molar-refractivity contribution >= 4 is 22.4 Å². The van der Waals surface area contributed by atoms with Gasteiger partial charge in [-0.05, 0) is 18.2 Å². The second kappa shape index (κ2) is 7.13. The zero-order valence-electron chi connectivity index (χ0n) is 13.4. The Kier molecular flexibility index (Phi) is 4.73. The Morgan fingerprint density at radius 1 is 1.31 bits per heavy atom. The molecule has 1 heterocycles. The van der Waals surface area contributed by atoms with E-state index in [4.69, 9.17) is 0 Å². The summed E-state index contributed by atoms with van der Waals surface area (Å²) in [6, 6.07) is 13.3. The van der Waals surface area contributed by atoms with E-state index in [2.05, 4.69) is 10.3 Å². The molecule has 130 valence electrons. The van der Waals surface area contributed by atoms with Gasteiger partial charge in [0, 0.05) is 29.6 Å². The minimum absolute atomic E-state index is 0.0166. The molecule has 8 heteroatoms. The third kappa shape index (κ3) is 3.43. The molecule has 1 aromatic heterocycles. The van der Waals surface area contributed by atoms with Gasteiger partial charge in [-0.25, -0.2) is 9.37 Å². The number of nitriles is 1. The number of fused-ring (bicyclic) bond motifs is 1. The average Bonchev–Trinajstić information content (AvgIpc) is 2.65. The van der Waals surface area contributed by atoms with Crippen molar-refractivity contribution in [3.8, 4) is 6.07 Å². The zero-order chi connectivity index (χ0) is 18.7. The highest BCUT2D eigenvalue weighted by molar-refractivity contribution is 5.88. The van der Waals surface area contributed by atoms with Crippen LogP contribution < -0.4 is 5.32 Å². The quantitative estimate of drug-likeness (QED) is 0.538. The van der Waals surface area contributed by atoms with Gasteiger partial charge in [0.25, 0.3) is 5.69 Å².